The first kappa shape index (κ1) is 30.0. The Morgan fingerprint density at radius 1 is 0.490 bits per heavy atom. The molecule has 0 atom stereocenters. The van der Waals surface area contributed by atoms with Crippen LogP contribution in [0.5, 0.6) is 0 Å². The minimum atomic E-state index is -3.76. The summed E-state index contributed by atoms with van der Waals surface area (Å²) in [6.45, 7) is 4.59. The molecule has 0 saturated carbocycles. The molecule has 1 aromatic heterocycles. The summed E-state index contributed by atoms with van der Waals surface area (Å²) in [5, 5.41) is 2.16. The lowest BCUT2D eigenvalue weighted by atomic mass is 9.63. The SMILES string of the molecule is CC1(C)c2ccccc2N(c2ccc3oc4ccccc4c3c2)c2ccc(C3(c4ccccc4)c4ccccc4S(=O)(=O)c4ccccc43)cc21. The van der Waals surface area contributed by atoms with E-state index in [4.69, 9.17) is 4.42 Å². The molecule has 51 heavy (non-hydrogen) atoms. The summed E-state index contributed by atoms with van der Waals surface area (Å²) >= 11 is 0. The number of fused-ring (bicyclic) bond motifs is 7. The highest BCUT2D eigenvalue weighted by molar-refractivity contribution is 7.91. The van der Waals surface area contributed by atoms with Crippen molar-refractivity contribution in [1.29, 1.82) is 0 Å². The molecule has 246 valence electrons. The van der Waals surface area contributed by atoms with Crippen molar-refractivity contribution in [3.63, 3.8) is 0 Å². The van der Waals surface area contributed by atoms with Gasteiger partial charge < -0.3 is 9.32 Å². The van der Waals surface area contributed by atoms with Crippen LogP contribution in [0.1, 0.15) is 47.2 Å². The third-order valence-electron chi connectivity index (χ3n) is 11.1. The van der Waals surface area contributed by atoms with Gasteiger partial charge in [0.2, 0.25) is 9.84 Å². The summed E-state index contributed by atoms with van der Waals surface area (Å²) in [7, 11) is -3.76. The molecule has 0 saturated heterocycles. The topological polar surface area (TPSA) is 50.5 Å². The highest BCUT2D eigenvalue weighted by atomic mass is 32.2. The fourth-order valence-corrected chi connectivity index (χ4v) is 10.6. The first-order valence-corrected chi connectivity index (χ1v) is 18.7. The number of furan rings is 1. The molecule has 10 rings (SSSR count). The van der Waals surface area contributed by atoms with Gasteiger partial charge in [0.1, 0.15) is 11.2 Å². The number of hydrogen-bond acceptors (Lipinski definition) is 4. The maximum Gasteiger partial charge on any atom is 0.207 e. The summed E-state index contributed by atoms with van der Waals surface area (Å²) in [4.78, 5) is 3.05. The summed E-state index contributed by atoms with van der Waals surface area (Å²) in [5.74, 6) is 0. The minimum Gasteiger partial charge on any atom is -0.456 e. The minimum absolute atomic E-state index is 0.345. The van der Waals surface area contributed by atoms with Crippen molar-refractivity contribution in [1.82, 2.24) is 0 Å². The van der Waals surface area contributed by atoms with Crippen LogP contribution in [0.2, 0.25) is 0 Å². The van der Waals surface area contributed by atoms with Crippen LogP contribution in [0.4, 0.5) is 17.1 Å². The van der Waals surface area contributed by atoms with Gasteiger partial charge in [-0.1, -0.05) is 129 Å². The summed E-state index contributed by atoms with van der Waals surface area (Å²) < 4.78 is 34.7. The quantitative estimate of drug-likeness (QED) is 0.186. The molecule has 7 aromatic carbocycles. The van der Waals surface area contributed by atoms with E-state index in [2.05, 4.69) is 104 Å². The molecule has 0 bridgehead atoms. The summed E-state index contributed by atoms with van der Waals surface area (Å²) in [5.41, 5.74) is 9.67. The molecule has 4 nitrogen and oxygen atoms in total. The predicted octanol–water partition coefficient (Wildman–Crippen LogP) is 11.2. The Labute approximate surface area is 297 Å². The van der Waals surface area contributed by atoms with Crippen LogP contribution in [-0.4, -0.2) is 8.42 Å². The number of sulfone groups is 1. The molecular weight excluding hydrogens is 647 g/mol. The highest BCUT2D eigenvalue weighted by Gasteiger charge is 2.49. The van der Waals surface area contributed by atoms with E-state index in [0.29, 0.717) is 9.79 Å². The van der Waals surface area contributed by atoms with Crippen LogP contribution in [-0.2, 0) is 20.7 Å². The van der Waals surface area contributed by atoms with Crippen LogP contribution >= 0.6 is 0 Å². The van der Waals surface area contributed by atoms with Crippen molar-refractivity contribution in [3.05, 3.63) is 197 Å². The van der Waals surface area contributed by atoms with E-state index in [9.17, 15) is 8.42 Å². The maximum absolute atomic E-state index is 14.3. The molecule has 0 fully saturated rings. The van der Waals surface area contributed by atoms with Crippen molar-refractivity contribution in [2.45, 2.75) is 34.5 Å². The Bertz CT molecular complexity index is 2760. The molecule has 0 N–H and O–H groups in total. The van der Waals surface area contributed by atoms with E-state index < -0.39 is 15.3 Å². The van der Waals surface area contributed by atoms with Gasteiger partial charge in [0.05, 0.1) is 26.6 Å². The van der Waals surface area contributed by atoms with E-state index in [0.717, 1.165) is 66.8 Å². The molecule has 8 aromatic rings. The Morgan fingerprint density at radius 3 is 1.82 bits per heavy atom. The zero-order valence-electron chi connectivity index (χ0n) is 28.2. The number of para-hydroxylation sites is 2. The maximum atomic E-state index is 14.3. The van der Waals surface area contributed by atoms with Crippen molar-refractivity contribution in [2.75, 3.05) is 4.90 Å². The smallest absolute Gasteiger partial charge is 0.207 e. The first-order valence-electron chi connectivity index (χ1n) is 17.3. The summed E-state index contributed by atoms with van der Waals surface area (Å²) in [6, 6.07) is 55.5. The van der Waals surface area contributed by atoms with E-state index in [1.807, 2.05) is 66.7 Å². The van der Waals surface area contributed by atoms with Crippen LogP contribution in [0.15, 0.2) is 178 Å². The van der Waals surface area contributed by atoms with Gasteiger partial charge in [-0.15, -0.1) is 0 Å². The largest absolute Gasteiger partial charge is 0.456 e. The number of rotatable bonds is 3. The second-order valence-electron chi connectivity index (χ2n) is 14.1. The van der Waals surface area contributed by atoms with Gasteiger partial charge >= 0.3 is 0 Å². The van der Waals surface area contributed by atoms with Crippen LogP contribution in [0.25, 0.3) is 21.9 Å². The first-order chi connectivity index (χ1) is 24.8. The molecule has 0 unspecified atom stereocenters. The van der Waals surface area contributed by atoms with E-state index in [-0.39, 0.29) is 5.41 Å². The Kier molecular flexibility index (Phi) is 6.20. The number of hydrogen-bond donors (Lipinski definition) is 0. The molecular formula is C46H33NO3S. The third kappa shape index (κ3) is 3.98. The van der Waals surface area contributed by atoms with E-state index in [1.54, 1.807) is 12.1 Å². The van der Waals surface area contributed by atoms with Gasteiger partial charge in [-0.05, 0) is 81.9 Å². The van der Waals surface area contributed by atoms with Gasteiger partial charge in [0.25, 0.3) is 0 Å². The second-order valence-corrected chi connectivity index (χ2v) is 16.0. The van der Waals surface area contributed by atoms with E-state index >= 15 is 0 Å². The predicted molar refractivity (Wildman–Crippen MR) is 204 cm³/mol. The zero-order chi connectivity index (χ0) is 34.5. The molecule has 2 aliphatic rings. The number of nitrogens with zero attached hydrogens (tertiary/aromatic N) is 1. The molecule has 0 aliphatic carbocycles. The molecule has 2 aliphatic heterocycles. The molecule has 3 heterocycles. The normalized spacial score (nSPS) is 16.2. The number of benzene rings is 7. The van der Waals surface area contributed by atoms with Gasteiger partial charge in [0.15, 0.2) is 0 Å². The third-order valence-corrected chi connectivity index (χ3v) is 13.0. The van der Waals surface area contributed by atoms with E-state index in [1.165, 1.54) is 5.56 Å². The van der Waals surface area contributed by atoms with Gasteiger partial charge in [-0.2, -0.15) is 0 Å². The Morgan fingerprint density at radius 2 is 1.08 bits per heavy atom. The Balaban J connectivity index is 1.28. The van der Waals surface area contributed by atoms with Gasteiger partial charge in [0, 0.05) is 21.9 Å². The lowest BCUT2D eigenvalue weighted by Crippen LogP contribution is -2.38. The fourth-order valence-electron chi connectivity index (χ4n) is 8.83. The monoisotopic (exact) mass is 679 g/mol. The highest BCUT2D eigenvalue weighted by Crippen LogP contribution is 2.57. The number of anilines is 3. The van der Waals surface area contributed by atoms with Crippen molar-refractivity contribution in [3.8, 4) is 0 Å². The van der Waals surface area contributed by atoms with Crippen LogP contribution < -0.4 is 4.90 Å². The molecule has 0 radical (unpaired) electrons. The van der Waals surface area contributed by atoms with Crippen molar-refractivity contribution < 1.29 is 12.8 Å². The summed E-state index contributed by atoms with van der Waals surface area (Å²) in [6.07, 6.45) is 0. The van der Waals surface area contributed by atoms with Gasteiger partial charge in [-0.3, -0.25) is 0 Å². The average molecular weight is 680 g/mol. The average Bonchev–Trinajstić information content (AvgIpc) is 3.54. The van der Waals surface area contributed by atoms with Crippen molar-refractivity contribution >= 4 is 48.8 Å². The van der Waals surface area contributed by atoms with Crippen LogP contribution in [0.3, 0.4) is 0 Å². The molecule has 0 amide bonds. The lowest BCUT2D eigenvalue weighted by Gasteiger charge is -2.45. The molecule has 0 spiro atoms. The van der Waals surface area contributed by atoms with Crippen LogP contribution in [0, 0.1) is 0 Å². The Hall–Kier alpha value is -5.91. The van der Waals surface area contributed by atoms with Gasteiger partial charge in [-0.25, -0.2) is 8.42 Å². The second kappa shape index (κ2) is 10.5. The van der Waals surface area contributed by atoms with Crippen molar-refractivity contribution in [2.24, 2.45) is 0 Å². The standard InChI is InChI=1S/C46H33NO3S/c1-45(2)35-17-7-10-20-39(35)47(32-25-27-42-34(29-32)33-16-6-11-21-41(33)50-42)40-26-24-31(28-38(40)45)46(30-14-4-3-5-15-30)36-18-8-12-22-43(36)51(48,49)44-23-13-9-19-37(44)46/h3-29H,1-2H3. The zero-order valence-corrected chi connectivity index (χ0v) is 29.0. The lowest BCUT2D eigenvalue weighted by molar-refractivity contribution is 0.577. The molecule has 5 heteroatoms. The fraction of sp³-hybridized carbons (Fsp3) is 0.0870.